The van der Waals surface area contributed by atoms with Crippen molar-refractivity contribution in [3.05, 3.63) is 41.4 Å². The molecular weight excluding hydrogens is 296 g/mol. The van der Waals surface area contributed by atoms with E-state index >= 15 is 0 Å². The molecule has 22 heavy (non-hydrogen) atoms. The number of hydrogen-bond acceptors (Lipinski definition) is 4. The fourth-order valence-corrected chi connectivity index (χ4v) is 3.42. The third kappa shape index (κ3) is 3.57. The van der Waals surface area contributed by atoms with Crippen LogP contribution in [0.25, 0.3) is 0 Å². The minimum Gasteiger partial charge on any atom is -0.343 e. The molecule has 6 heteroatoms. The first kappa shape index (κ1) is 14.8. The van der Waals surface area contributed by atoms with Gasteiger partial charge in [-0.15, -0.1) is 11.3 Å². The first-order chi connectivity index (χ1) is 10.7. The minimum atomic E-state index is -0.158. The van der Waals surface area contributed by atoms with E-state index in [1.54, 1.807) is 11.3 Å². The first-order valence-electron chi connectivity index (χ1n) is 7.50. The number of hydrogen-bond donors (Lipinski definition) is 2. The predicted molar refractivity (Wildman–Crippen MR) is 90.7 cm³/mol. The Labute approximate surface area is 134 Å². The summed E-state index contributed by atoms with van der Waals surface area (Å²) in [5.74, 6) is 0. The molecule has 0 radical (unpaired) electrons. The van der Waals surface area contributed by atoms with Crippen LogP contribution in [0.5, 0.6) is 0 Å². The monoisotopic (exact) mass is 316 g/mol. The number of nitrogens with one attached hydrogen (secondary N) is 2. The Kier molecular flexibility index (Phi) is 4.58. The molecule has 5 nitrogen and oxygen atoms in total. The number of thiazole rings is 1. The summed E-state index contributed by atoms with van der Waals surface area (Å²) in [5.41, 5.74) is 1.99. The maximum Gasteiger partial charge on any atom is 0.319 e. The third-order valence-corrected chi connectivity index (χ3v) is 4.66. The van der Waals surface area contributed by atoms with Crippen LogP contribution in [-0.4, -0.2) is 30.1 Å². The summed E-state index contributed by atoms with van der Waals surface area (Å²) in [5, 5.41) is 8.86. The molecule has 0 bridgehead atoms. The van der Waals surface area contributed by atoms with E-state index in [9.17, 15) is 4.79 Å². The van der Waals surface area contributed by atoms with Gasteiger partial charge >= 0.3 is 6.03 Å². The van der Waals surface area contributed by atoms with Crippen LogP contribution in [0.15, 0.2) is 35.8 Å². The van der Waals surface area contributed by atoms with Crippen LogP contribution in [0.1, 0.15) is 18.4 Å². The Bertz CT molecular complexity index is 612. The molecule has 1 fully saturated rings. The van der Waals surface area contributed by atoms with Crippen LogP contribution in [0, 0.1) is 6.92 Å². The number of aromatic nitrogens is 1. The highest BCUT2D eigenvalue weighted by Crippen LogP contribution is 2.26. The predicted octanol–water partition coefficient (Wildman–Crippen LogP) is 3.24. The van der Waals surface area contributed by atoms with Gasteiger partial charge in [0.05, 0.1) is 0 Å². The van der Waals surface area contributed by atoms with Crippen molar-refractivity contribution < 1.29 is 4.79 Å². The average molecular weight is 316 g/mol. The van der Waals surface area contributed by atoms with Crippen LogP contribution in [0.4, 0.5) is 15.6 Å². The molecule has 1 aromatic carbocycles. The van der Waals surface area contributed by atoms with Gasteiger partial charge in [-0.05, 0) is 31.9 Å². The molecular formula is C16H20N4OS. The Morgan fingerprint density at radius 2 is 2.23 bits per heavy atom. The Morgan fingerprint density at radius 1 is 1.41 bits per heavy atom. The van der Waals surface area contributed by atoms with Crippen LogP contribution in [-0.2, 0) is 0 Å². The van der Waals surface area contributed by atoms with Crippen molar-refractivity contribution >= 4 is 28.2 Å². The highest BCUT2D eigenvalue weighted by atomic mass is 32.1. The third-order valence-electron chi connectivity index (χ3n) is 3.85. The number of aryl methyl sites for hydroxylation is 1. The summed E-state index contributed by atoms with van der Waals surface area (Å²) in [4.78, 5) is 18.6. The van der Waals surface area contributed by atoms with Crippen molar-refractivity contribution in [3.8, 4) is 0 Å². The number of amides is 2. The highest BCUT2D eigenvalue weighted by molar-refractivity contribution is 7.13. The van der Waals surface area contributed by atoms with Crippen molar-refractivity contribution in [1.29, 1.82) is 0 Å². The van der Waals surface area contributed by atoms with Gasteiger partial charge in [-0.1, -0.05) is 17.7 Å². The summed E-state index contributed by atoms with van der Waals surface area (Å²) in [6.07, 6.45) is 4.06. The van der Waals surface area contributed by atoms with E-state index in [2.05, 4.69) is 20.5 Å². The van der Waals surface area contributed by atoms with Gasteiger partial charge in [0, 0.05) is 36.4 Å². The number of carbonyl (C=O) groups is 1. The molecule has 1 aliphatic rings. The molecule has 1 saturated heterocycles. The Balaban J connectivity index is 1.51. The molecule has 2 amide bonds. The van der Waals surface area contributed by atoms with E-state index in [4.69, 9.17) is 0 Å². The second-order valence-electron chi connectivity index (χ2n) is 5.51. The first-order valence-corrected chi connectivity index (χ1v) is 8.38. The highest BCUT2D eigenvalue weighted by Gasteiger charge is 2.26. The normalized spacial score (nSPS) is 17.5. The zero-order valence-corrected chi connectivity index (χ0v) is 13.4. The van der Waals surface area contributed by atoms with Crippen molar-refractivity contribution in [2.45, 2.75) is 25.8 Å². The standard InChI is InChI=1S/C16H20N4OS/c1-12-4-6-13(7-5-12)19-15(21)18-11-14-3-2-9-20(14)16-17-8-10-22-16/h4-8,10,14H,2-3,9,11H2,1H3,(H2,18,19,21). The zero-order valence-electron chi connectivity index (χ0n) is 12.6. The van der Waals surface area contributed by atoms with Gasteiger partial charge < -0.3 is 15.5 Å². The largest absolute Gasteiger partial charge is 0.343 e. The second kappa shape index (κ2) is 6.79. The molecule has 116 valence electrons. The maximum atomic E-state index is 12.0. The summed E-state index contributed by atoms with van der Waals surface area (Å²) >= 11 is 1.65. The molecule has 2 aromatic rings. The average Bonchev–Trinajstić information content (AvgIpc) is 3.18. The quantitative estimate of drug-likeness (QED) is 0.910. The number of rotatable bonds is 4. The second-order valence-corrected chi connectivity index (χ2v) is 6.38. The summed E-state index contributed by atoms with van der Waals surface area (Å²) in [6, 6.07) is 7.96. The molecule has 3 rings (SSSR count). The van der Waals surface area contributed by atoms with Gasteiger partial charge in [-0.3, -0.25) is 0 Å². The SMILES string of the molecule is Cc1ccc(NC(=O)NCC2CCCN2c2nccs2)cc1. The molecule has 0 aliphatic carbocycles. The van der Waals surface area contributed by atoms with Crippen LogP contribution >= 0.6 is 11.3 Å². The van der Waals surface area contributed by atoms with Crippen molar-refractivity contribution in [3.63, 3.8) is 0 Å². The summed E-state index contributed by atoms with van der Waals surface area (Å²) in [6.45, 7) is 3.67. The molecule has 0 saturated carbocycles. The van der Waals surface area contributed by atoms with Crippen molar-refractivity contribution in [2.75, 3.05) is 23.3 Å². The summed E-state index contributed by atoms with van der Waals surface area (Å²) < 4.78 is 0. The van der Waals surface area contributed by atoms with Crippen molar-refractivity contribution in [2.24, 2.45) is 0 Å². The lowest BCUT2D eigenvalue weighted by Crippen LogP contribution is -2.41. The van der Waals surface area contributed by atoms with Crippen molar-refractivity contribution in [1.82, 2.24) is 10.3 Å². The van der Waals surface area contributed by atoms with E-state index in [0.29, 0.717) is 12.6 Å². The van der Waals surface area contributed by atoms with Gasteiger partial charge in [-0.2, -0.15) is 0 Å². The number of anilines is 2. The Morgan fingerprint density at radius 3 is 2.95 bits per heavy atom. The summed E-state index contributed by atoms with van der Waals surface area (Å²) in [7, 11) is 0. The van der Waals surface area contributed by atoms with Crippen LogP contribution in [0.2, 0.25) is 0 Å². The van der Waals surface area contributed by atoms with Gasteiger partial charge in [0.25, 0.3) is 0 Å². The van der Waals surface area contributed by atoms with Gasteiger partial charge in [0.2, 0.25) is 0 Å². The Hall–Kier alpha value is -2.08. The minimum absolute atomic E-state index is 0.158. The fourth-order valence-electron chi connectivity index (χ4n) is 2.68. The zero-order chi connectivity index (χ0) is 15.4. The maximum absolute atomic E-state index is 12.0. The molecule has 0 spiro atoms. The molecule has 1 unspecified atom stereocenters. The topological polar surface area (TPSA) is 57.3 Å². The van der Waals surface area contributed by atoms with E-state index in [1.807, 2.05) is 42.8 Å². The lowest BCUT2D eigenvalue weighted by Gasteiger charge is -2.24. The van der Waals surface area contributed by atoms with E-state index in [-0.39, 0.29) is 6.03 Å². The number of carbonyl (C=O) groups excluding carboxylic acids is 1. The number of nitrogens with zero attached hydrogens (tertiary/aromatic N) is 2. The van der Waals surface area contributed by atoms with E-state index in [0.717, 1.165) is 30.2 Å². The molecule has 1 aromatic heterocycles. The van der Waals surface area contributed by atoms with Gasteiger partial charge in [0.1, 0.15) is 0 Å². The van der Waals surface area contributed by atoms with E-state index in [1.165, 1.54) is 5.56 Å². The smallest absolute Gasteiger partial charge is 0.319 e. The number of benzene rings is 1. The number of urea groups is 1. The lowest BCUT2D eigenvalue weighted by atomic mass is 10.2. The van der Waals surface area contributed by atoms with E-state index < -0.39 is 0 Å². The van der Waals surface area contributed by atoms with Crippen LogP contribution in [0.3, 0.4) is 0 Å². The van der Waals surface area contributed by atoms with Gasteiger partial charge in [-0.25, -0.2) is 9.78 Å². The fraction of sp³-hybridized carbons (Fsp3) is 0.375. The molecule has 1 aliphatic heterocycles. The van der Waals surface area contributed by atoms with Crippen LogP contribution < -0.4 is 15.5 Å². The molecule has 2 heterocycles. The molecule has 1 atom stereocenters. The van der Waals surface area contributed by atoms with Gasteiger partial charge in [0.15, 0.2) is 5.13 Å². The lowest BCUT2D eigenvalue weighted by molar-refractivity contribution is 0.251. The molecule has 2 N–H and O–H groups in total.